The van der Waals surface area contributed by atoms with Crippen molar-refractivity contribution in [2.75, 3.05) is 0 Å². The zero-order valence-corrected chi connectivity index (χ0v) is 30.1. The van der Waals surface area contributed by atoms with Gasteiger partial charge in [-0.05, 0) is 76.9 Å². The predicted molar refractivity (Wildman–Crippen MR) is 227 cm³/mol. The topological polar surface area (TPSA) is 65.0 Å². The molecule has 5 nitrogen and oxygen atoms in total. The van der Waals surface area contributed by atoms with Crippen LogP contribution >= 0.6 is 0 Å². The molecule has 4 aromatic heterocycles. The van der Waals surface area contributed by atoms with Crippen LogP contribution in [0.5, 0.6) is 0 Å². The summed E-state index contributed by atoms with van der Waals surface area (Å²) in [6.45, 7) is 0. The normalized spacial score (nSPS) is 11.6. The Kier molecular flexibility index (Phi) is 7.42. The van der Waals surface area contributed by atoms with E-state index in [1.54, 1.807) is 0 Å². The maximum absolute atomic E-state index is 6.59. The van der Waals surface area contributed by atoms with Gasteiger partial charge in [0.15, 0.2) is 5.82 Å². The van der Waals surface area contributed by atoms with Gasteiger partial charge in [0.25, 0.3) is 0 Å². The Bertz CT molecular complexity index is 3120. The number of aromatic nitrogens is 3. The number of nitrogens with zero attached hydrogens (tertiary/aromatic N) is 3. The van der Waals surface area contributed by atoms with Crippen LogP contribution < -0.4 is 0 Å². The fourth-order valence-electron chi connectivity index (χ4n) is 7.90. The van der Waals surface area contributed by atoms with Crippen LogP contribution in [0, 0.1) is 0 Å². The van der Waals surface area contributed by atoms with E-state index in [9.17, 15) is 0 Å². The molecule has 0 aliphatic heterocycles. The molecule has 11 aromatic rings. The number of hydrogen-bond donors (Lipinski definition) is 0. The van der Waals surface area contributed by atoms with Gasteiger partial charge in [-0.15, -0.1) is 0 Å². The number of hydrogen-bond acceptors (Lipinski definition) is 5. The summed E-state index contributed by atoms with van der Waals surface area (Å²) >= 11 is 0. The third-order valence-electron chi connectivity index (χ3n) is 10.6. The minimum absolute atomic E-state index is 0.651. The first kappa shape index (κ1) is 31.9. The number of pyridine rings is 1. The van der Waals surface area contributed by atoms with E-state index in [0.29, 0.717) is 5.82 Å². The van der Waals surface area contributed by atoms with Gasteiger partial charge < -0.3 is 8.83 Å². The van der Waals surface area contributed by atoms with Crippen molar-refractivity contribution < 1.29 is 8.83 Å². The molecule has 0 fully saturated rings. The van der Waals surface area contributed by atoms with Crippen LogP contribution in [-0.4, -0.2) is 15.0 Å². The van der Waals surface area contributed by atoms with Gasteiger partial charge in [0, 0.05) is 61.8 Å². The Labute approximate surface area is 322 Å². The second-order valence-electron chi connectivity index (χ2n) is 14.0. The molecule has 4 heterocycles. The number of benzene rings is 7. The van der Waals surface area contributed by atoms with E-state index in [0.717, 1.165) is 105 Å². The van der Waals surface area contributed by atoms with Crippen molar-refractivity contribution in [1.29, 1.82) is 0 Å². The second kappa shape index (κ2) is 13.0. The average Bonchev–Trinajstić information content (AvgIpc) is 3.86. The molecular weight excluding hydrogens is 687 g/mol. The van der Waals surface area contributed by atoms with Crippen molar-refractivity contribution in [3.8, 4) is 67.3 Å². The molecule has 0 saturated carbocycles. The van der Waals surface area contributed by atoms with Gasteiger partial charge in [-0.25, -0.2) is 9.97 Å². The van der Waals surface area contributed by atoms with Crippen molar-refractivity contribution in [3.63, 3.8) is 0 Å². The Morgan fingerprint density at radius 2 is 0.804 bits per heavy atom. The Hall–Kier alpha value is -7.63. The summed E-state index contributed by atoms with van der Waals surface area (Å²) in [4.78, 5) is 14.7. The van der Waals surface area contributed by atoms with Gasteiger partial charge in [-0.3, -0.25) is 4.98 Å². The van der Waals surface area contributed by atoms with Crippen LogP contribution in [0.2, 0.25) is 0 Å². The molecule has 0 aliphatic carbocycles. The summed E-state index contributed by atoms with van der Waals surface area (Å²) in [5.41, 5.74) is 14.1. The molecule has 0 bridgehead atoms. The van der Waals surface area contributed by atoms with Crippen molar-refractivity contribution in [2.45, 2.75) is 0 Å². The van der Waals surface area contributed by atoms with Crippen LogP contribution in [0.15, 0.2) is 197 Å². The first-order chi connectivity index (χ1) is 27.7. The lowest BCUT2D eigenvalue weighted by atomic mass is 9.93. The summed E-state index contributed by atoms with van der Waals surface area (Å²) in [5.74, 6) is 0.651. The summed E-state index contributed by atoms with van der Waals surface area (Å²) < 4.78 is 13.2. The van der Waals surface area contributed by atoms with Crippen molar-refractivity contribution in [1.82, 2.24) is 15.0 Å². The van der Waals surface area contributed by atoms with E-state index in [-0.39, 0.29) is 0 Å². The van der Waals surface area contributed by atoms with Gasteiger partial charge in [-0.1, -0.05) is 121 Å². The highest BCUT2D eigenvalue weighted by Crippen LogP contribution is 2.42. The fourth-order valence-corrected chi connectivity index (χ4v) is 7.90. The standard InChI is InChI=1S/C51H31N3O2/c1-2-11-33(12-3-1)51-53-45(35-14-8-13-34(27-35)32-23-25-52-26-24-32)31-46(54-51)38-29-36(39-17-9-19-43-41-15-4-6-21-47(41)55-49(39)43)28-37(30-38)40-18-10-20-44-42-16-5-7-22-48(42)56-50(40)44/h1-31H. The van der Waals surface area contributed by atoms with Crippen LogP contribution in [0.4, 0.5) is 0 Å². The van der Waals surface area contributed by atoms with E-state index >= 15 is 0 Å². The molecular formula is C51H31N3O2. The Morgan fingerprint density at radius 3 is 1.45 bits per heavy atom. The van der Waals surface area contributed by atoms with Crippen LogP contribution in [0.25, 0.3) is 111 Å². The summed E-state index contributed by atoms with van der Waals surface area (Å²) in [7, 11) is 0. The van der Waals surface area contributed by atoms with Crippen molar-refractivity contribution in [3.05, 3.63) is 188 Å². The molecule has 7 aromatic carbocycles. The smallest absolute Gasteiger partial charge is 0.160 e. The van der Waals surface area contributed by atoms with Crippen LogP contribution in [0.1, 0.15) is 0 Å². The summed E-state index contributed by atoms with van der Waals surface area (Å²) in [5, 5.41) is 4.34. The molecule has 0 saturated heterocycles. The molecule has 0 radical (unpaired) electrons. The molecule has 0 unspecified atom stereocenters. The SMILES string of the molecule is c1ccc(-c2nc(-c3cccc(-c4ccncc4)c3)cc(-c3cc(-c4cccc5c4oc4ccccc45)cc(-c4cccc5c4oc4ccccc45)c3)n2)cc1. The second-order valence-corrected chi connectivity index (χ2v) is 14.0. The van der Waals surface area contributed by atoms with Gasteiger partial charge in [0.1, 0.15) is 22.3 Å². The largest absolute Gasteiger partial charge is 0.455 e. The predicted octanol–water partition coefficient (Wildman–Crippen LogP) is 13.7. The number of furan rings is 2. The minimum Gasteiger partial charge on any atom is -0.455 e. The molecule has 11 rings (SSSR count). The lowest BCUT2D eigenvalue weighted by Crippen LogP contribution is -1.97. The van der Waals surface area contributed by atoms with Crippen LogP contribution in [0.3, 0.4) is 0 Å². The van der Waals surface area contributed by atoms with Crippen molar-refractivity contribution in [2.24, 2.45) is 0 Å². The number of para-hydroxylation sites is 4. The highest BCUT2D eigenvalue weighted by molar-refractivity contribution is 6.11. The summed E-state index contributed by atoms with van der Waals surface area (Å²) in [6.07, 6.45) is 3.64. The first-order valence-corrected chi connectivity index (χ1v) is 18.7. The molecule has 0 spiro atoms. The Morgan fingerprint density at radius 1 is 0.321 bits per heavy atom. The van der Waals surface area contributed by atoms with E-state index in [4.69, 9.17) is 18.8 Å². The molecule has 5 heteroatoms. The Balaban J connectivity index is 1.17. The van der Waals surface area contributed by atoms with E-state index in [2.05, 4.69) is 126 Å². The maximum Gasteiger partial charge on any atom is 0.160 e. The molecule has 0 aliphatic rings. The zero-order valence-electron chi connectivity index (χ0n) is 30.1. The van der Waals surface area contributed by atoms with Gasteiger partial charge in [-0.2, -0.15) is 0 Å². The summed E-state index contributed by atoms with van der Waals surface area (Å²) in [6, 6.07) is 60.7. The monoisotopic (exact) mass is 717 g/mol. The molecule has 0 N–H and O–H groups in total. The fraction of sp³-hybridized carbons (Fsp3) is 0. The van der Waals surface area contributed by atoms with E-state index in [1.807, 2.05) is 67.0 Å². The number of fused-ring (bicyclic) bond motifs is 6. The third-order valence-corrected chi connectivity index (χ3v) is 10.6. The minimum atomic E-state index is 0.651. The first-order valence-electron chi connectivity index (χ1n) is 18.7. The van der Waals surface area contributed by atoms with Gasteiger partial charge in [0.2, 0.25) is 0 Å². The highest BCUT2D eigenvalue weighted by atomic mass is 16.3. The van der Waals surface area contributed by atoms with Gasteiger partial charge >= 0.3 is 0 Å². The number of rotatable bonds is 6. The highest BCUT2D eigenvalue weighted by Gasteiger charge is 2.19. The molecule has 262 valence electrons. The lowest BCUT2D eigenvalue weighted by Gasteiger charge is -2.14. The van der Waals surface area contributed by atoms with Crippen molar-refractivity contribution >= 4 is 43.9 Å². The third kappa shape index (κ3) is 5.45. The maximum atomic E-state index is 6.59. The molecule has 0 atom stereocenters. The van der Waals surface area contributed by atoms with E-state index in [1.165, 1.54) is 0 Å². The molecule has 56 heavy (non-hydrogen) atoms. The average molecular weight is 718 g/mol. The molecule has 0 amide bonds. The lowest BCUT2D eigenvalue weighted by molar-refractivity contribution is 0.670. The quantitative estimate of drug-likeness (QED) is 0.171. The zero-order chi connectivity index (χ0) is 37.0. The van der Waals surface area contributed by atoms with E-state index < -0.39 is 0 Å². The van der Waals surface area contributed by atoms with Crippen LogP contribution in [-0.2, 0) is 0 Å². The van der Waals surface area contributed by atoms with Gasteiger partial charge in [0.05, 0.1) is 11.4 Å².